The Morgan fingerprint density at radius 3 is 2.15 bits per heavy atom. The van der Waals surface area contributed by atoms with Gasteiger partial charge in [-0.25, -0.2) is 0 Å². The van der Waals surface area contributed by atoms with Crippen LogP contribution in [0.5, 0.6) is 0 Å². The number of rotatable bonds is 1. The molecule has 0 aliphatic carbocycles. The molecule has 0 spiro atoms. The number of aromatic nitrogens is 1. The molecule has 0 atom stereocenters. The summed E-state index contributed by atoms with van der Waals surface area (Å²) in [6, 6.07) is 1.84. The SMILES string of the molecule is CC.Cc1cnccc1C(C)(C)O. The van der Waals surface area contributed by atoms with Gasteiger partial charge in [0.1, 0.15) is 0 Å². The van der Waals surface area contributed by atoms with E-state index >= 15 is 0 Å². The van der Waals surface area contributed by atoms with Crippen LogP contribution in [-0.4, -0.2) is 10.1 Å². The van der Waals surface area contributed by atoms with E-state index in [4.69, 9.17) is 0 Å². The molecule has 1 heterocycles. The molecule has 0 saturated heterocycles. The largest absolute Gasteiger partial charge is 0.386 e. The first kappa shape index (κ1) is 12.1. The lowest BCUT2D eigenvalue weighted by Gasteiger charge is -2.19. The Bertz CT molecular complexity index is 251. The highest BCUT2D eigenvalue weighted by atomic mass is 16.3. The van der Waals surface area contributed by atoms with Crippen LogP contribution in [-0.2, 0) is 5.60 Å². The van der Waals surface area contributed by atoms with E-state index in [1.54, 1.807) is 26.2 Å². The van der Waals surface area contributed by atoms with Crippen LogP contribution in [0.3, 0.4) is 0 Å². The third kappa shape index (κ3) is 3.55. The molecule has 0 unspecified atom stereocenters. The third-order valence-electron chi connectivity index (χ3n) is 1.68. The van der Waals surface area contributed by atoms with E-state index in [1.807, 2.05) is 26.8 Å². The lowest BCUT2D eigenvalue weighted by Crippen LogP contribution is -2.16. The summed E-state index contributed by atoms with van der Waals surface area (Å²) in [4.78, 5) is 3.95. The highest BCUT2D eigenvalue weighted by molar-refractivity contribution is 5.26. The topological polar surface area (TPSA) is 33.1 Å². The number of aliphatic hydroxyl groups is 1. The van der Waals surface area contributed by atoms with Crippen LogP contribution < -0.4 is 0 Å². The minimum absolute atomic E-state index is 0.757. The highest BCUT2D eigenvalue weighted by Crippen LogP contribution is 2.21. The number of aryl methyl sites for hydroxylation is 1. The molecule has 74 valence electrons. The summed E-state index contributed by atoms with van der Waals surface area (Å²) in [7, 11) is 0. The van der Waals surface area contributed by atoms with Gasteiger partial charge in [-0.3, -0.25) is 4.98 Å². The van der Waals surface area contributed by atoms with Crippen LogP contribution >= 0.6 is 0 Å². The van der Waals surface area contributed by atoms with Gasteiger partial charge in [-0.05, 0) is 38.0 Å². The quantitative estimate of drug-likeness (QED) is 0.722. The highest BCUT2D eigenvalue weighted by Gasteiger charge is 2.17. The standard InChI is InChI=1S/C9H13NO.C2H6/c1-7-6-10-5-4-8(7)9(2,3)11;1-2/h4-6,11H,1-3H3;1-2H3. The molecule has 2 nitrogen and oxygen atoms in total. The van der Waals surface area contributed by atoms with Crippen molar-refractivity contribution in [2.45, 2.75) is 40.2 Å². The fourth-order valence-electron chi connectivity index (χ4n) is 1.16. The van der Waals surface area contributed by atoms with Crippen molar-refractivity contribution in [3.63, 3.8) is 0 Å². The maximum Gasteiger partial charge on any atom is 0.0844 e. The van der Waals surface area contributed by atoms with Gasteiger partial charge in [-0.2, -0.15) is 0 Å². The first-order valence-corrected chi connectivity index (χ1v) is 4.65. The summed E-state index contributed by atoms with van der Waals surface area (Å²) in [6.45, 7) is 9.49. The van der Waals surface area contributed by atoms with Crippen LogP contribution in [0.1, 0.15) is 38.8 Å². The first-order chi connectivity index (χ1) is 6.02. The average molecular weight is 181 g/mol. The average Bonchev–Trinajstić information content (AvgIpc) is 2.07. The second-order valence-corrected chi connectivity index (χ2v) is 3.25. The molecule has 0 aliphatic rings. The van der Waals surface area contributed by atoms with Gasteiger partial charge in [-0.1, -0.05) is 13.8 Å². The zero-order valence-corrected chi connectivity index (χ0v) is 9.13. The van der Waals surface area contributed by atoms with Crippen molar-refractivity contribution in [1.29, 1.82) is 0 Å². The Morgan fingerprint density at radius 1 is 1.31 bits per heavy atom. The van der Waals surface area contributed by atoms with Crippen molar-refractivity contribution in [3.05, 3.63) is 29.6 Å². The van der Waals surface area contributed by atoms with Crippen LogP contribution in [0.4, 0.5) is 0 Å². The predicted octanol–water partition coefficient (Wildman–Crippen LogP) is 2.64. The Kier molecular flexibility index (Phi) is 4.63. The molecule has 2 heteroatoms. The summed E-state index contributed by atoms with van der Waals surface area (Å²) < 4.78 is 0. The number of hydrogen-bond acceptors (Lipinski definition) is 2. The molecule has 0 amide bonds. The van der Waals surface area contributed by atoms with Gasteiger partial charge in [0.05, 0.1) is 5.60 Å². The zero-order chi connectivity index (χ0) is 10.5. The van der Waals surface area contributed by atoms with Crippen molar-refractivity contribution in [3.8, 4) is 0 Å². The maximum absolute atomic E-state index is 9.64. The molecule has 0 bridgehead atoms. The summed E-state index contributed by atoms with van der Waals surface area (Å²) in [5.41, 5.74) is 1.21. The number of pyridine rings is 1. The van der Waals surface area contributed by atoms with Crippen molar-refractivity contribution < 1.29 is 5.11 Å². The molecule has 1 aromatic heterocycles. The fraction of sp³-hybridized carbons (Fsp3) is 0.545. The monoisotopic (exact) mass is 181 g/mol. The lowest BCUT2D eigenvalue weighted by atomic mass is 9.96. The van der Waals surface area contributed by atoms with E-state index in [9.17, 15) is 5.11 Å². The molecule has 1 aromatic rings. The summed E-state index contributed by atoms with van der Waals surface area (Å²) in [5, 5.41) is 9.64. The van der Waals surface area contributed by atoms with E-state index in [0.29, 0.717) is 0 Å². The molecular weight excluding hydrogens is 162 g/mol. The van der Waals surface area contributed by atoms with E-state index < -0.39 is 5.60 Å². The second-order valence-electron chi connectivity index (χ2n) is 3.25. The fourth-order valence-corrected chi connectivity index (χ4v) is 1.16. The maximum atomic E-state index is 9.64. The van der Waals surface area contributed by atoms with Crippen molar-refractivity contribution >= 4 is 0 Å². The van der Waals surface area contributed by atoms with E-state index in [2.05, 4.69) is 4.98 Å². The molecule has 0 saturated carbocycles. The minimum atomic E-state index is -0.757. The molecule has 1 N–H and O–H groups in total. The Labute approximate surface area is 80.6 Å². The van der Waals surface area contributed by atoms with Gasteiger partial charge in [-0.15, -0.1) is 0 Å². The molecular formula is C11H19NO. The van der Waals surface area contributed by atoms with Gasteiger partial charge in [0.25, 0.3) is 0 Å². The Hall–Kier alpha value is -0.890. The summed E-state index contributed by atoms with van der Waals surface area (Å²) in [6.07, 6.45) is 3.45. The van der Waals surface area contributed by atoms with Crippen molar-refractivity contribution in [2.24, 2.45) is 0 Å². The molecule has 0 aromatic carbocycles. The molecule has 0 aliphatic heterocycles. The van der Waals surface area contributed by atoms with Gasteiger partial charge in [0, 0.05) is 12.4 Å². The third-order valence-corrected chi connectivity index (χ3v) is 1.68. The Balaban J connectivity index is 0.000000671. The molecule has 1 rings (SSSR count). The molecule has 13 heavy (non-hydrogen) atoms. The van der Waals surface area contributed by atoms with Gasteiger partial charge in [0.15, 0.2) is 0 Å². The van der Waals surface area contributed by atoms with Crippen LogP contribution in [0.25, 0.3) is 0 Å². The number of nitrogens with zero attached hydrogens (tertiary/aromatic N) is 1. The summed E-state index contributed by atoms with van der Waals surface area (Å²) >= 11 is 0. The van der Waals surface area contributed by atoms with Gasteiger partial charge >= 0.3 is 0 Å². The normalized spacial score (nSPS) is 10.3. The molecule has 0 radical (unpaired) electrons. The predicted molar refractivity (Wildman–Crippen MR) is 55.6 cm³/mol. The zero-order valence-electron chi connectivity index (χ0n) is 9.13. The smallest absolute Gasteiger partial charge is 0.0844 e. The van der Waals surface area contributed by atoms with Crippen LogP contribution in [0.15, 0.2) is 18.5 Å². The molecule has 0 fully saturated rings. The van der Waals surface area contributed by atoms with Crippen LogP contribution in [0.2, 0.25) is 0 Å². The van der Waals surface area contributed by atoms with Crippen molar-refractivity contribution in [2.75, 3.05) is 0 Å². The van der Waals surface area contributed by atoms with E-state index in [-0.39, 0.29) is 0 Å². The number of hydrogen-bond donors (Lipinski definition) is 1. The van der Waals surface area contributed by atoms with Crippen LogP contribution in [0, 0.1) is 6.92 Å². The van der Waals surface area contributed by atoms with Gasteiger partial charge in [0.2, 0.25) is 0 Å². The minimum Gasteiger partial charge on any atom is -0.386 e. The Morgan fingerprint density at radius 2 is 1.85 bits per heavy atom. The summed E-state index contributed by atoms with van der Waals surface area (Å²) in [5.74, 6) is 0. The lowest BCUT2D eigenvalue weighted by molar-refractivity contribution is 0.0778. The van der Waals surface area contributed by atoms with Gasteiger partial charge < -0.3 is 5.11 Å². The van der Waals surface area contributed by atoms with E-state index in [1.165, 1.54) is 0 Å². The van der Waals surface area contributed by atoms with Crippen molar-refractivity contribution in [1.82, 2.24) is 4.98 Å². The van der Waals surface area contributed by atoms with E-state index in [0.717, 1.165) is 11.1 Å². The second kappa shape index (κ2) is 4.97. The first-order valence-electron chi connectivity index (χ1n) is 4.65.